The predicted octanol–water partition coefficient (Wildman–Crippen LogP) is 2.58. The van der Waals surface area contributed by atoms with Crippen LogP contribution in [0.3, 0.4) is 0 Å². The third-order valence-corrected chi connectivity index (χ3v) is 6.89. The number of nitrogens with zero attached hydrogens (tertiary/aromatic N) is 2. The molecule has 150 valence electrons. The highest BCUT2D eigenvalue weighted by Crippen LogP contribution is 2.26. The Hall–Kier alpha value is -1.93. The Morgan fingerprint density at radius 3 is 2.59 bits per heavy atom. The summed E-state index contributed by atoms with van der Waals surface area (Å²) in [4.78, 5) is 25.2. The number of carbonyl (C=O) groups excluding carboxylic acids is 1. The molecule has 1 unspecified atom stereocenters. The van der Waals surface area contributed by atoms with E-state index in [2.05, 4.69) is 0 Å². The summed E-state index contributed by atoms with van der Waals surface area (Å²) in [7, 11) is -3.67. The quantitative estimate of drug-likeness (QED) is 0.764. The fourth-order valence-electron chi connectivity index (χ4n) is 3.33. The fourth-order valence-corrected chi connectivity index (χ4v) is 5.08. The Labute approximate surface area is 161 Å². The van der Waals surface area contributed by atoms with Gasteiger partial charge in [0.25, 0.3) is 5.91 Å². The molecule has 0 radical (unpaired) electrons. The van der Waals surface area contributed by atoms with Gasteiger partial charge < -0.3 is 10.0 Å². The number of sulfonamides is 1. The van der Waals surface area contributed by atoms with E-state index >= 15 is 0 Å². The van der Waals surface area contributed by atoms with Gasteiger partial charge in [0.2, 0.25) is 10.0 Å². The van der Waals surface area contributed by atoms with Gasteiger partial charge in [-0.2, -0.15) is 4.31 Å². The van der Waals surface area contributed by atoms with Crippen LogP contribution in [0.15, 0.2) is 29.2 Å². The summed E-state index contributed by atoms with van der Waals surface area (Å²) in [5.41, 5.74) is 0.250. The first-order chi connectivity index (χ1) is 12.6. The summed E-state index contributed by atoms with van der Waals surface area (Å²) < 4.78 is 27.5. The Morgan fingerprint density at radius 1 is 1.30 bits per heavy atom. The van der Waals surface area contributed by atoms with E-state index in [-0.39, 0.29) is 41.4 Å². The largest absolute Gasteiger partial charge is 0.481 e. The lowest BCUT2D eigenvalue weighted by Crippen LogP contribution is -2.42. The number of amides is 1. The fraction of sp³-hybridized carbons (Fsp3) is 0.579. The standard InChI is InChI=1S/C19H28N2O5S/c1-14(2)20(12-10-18(22)23)19(24)16-8-6-9-17(13-16)27(25,26)21-11-5-4-7-15(21)3/h6,8-9,13-15H,4-5,7,10-12H2,1-3H3,(H,22,23). The first kappa shape index (κ1) is 21.4. The third-order valence-electron chi connectivity index (χ3n) is 4.88. The van der Waals surface area contributed by atoms with E-state index in [1.807, 2.05) is 6.92 Å². The molecule has 0 bridgehead atoms. The van der Waals surface area contributed by atoms with Crippen LogP contribution in [0, 0.1) is 0 Å². The Bertz CT molecular complexity index is 791. The average Bonchev–Trinajstić information content (AvgIpc) is 2.61. The number of carboxylic acids is 1. The maximum atomic E-state index is 13.0. The Balaban J connectivity index is 2.30. The highest BCUT2D eigenvalue weighted by Gasteiger charge is 2.31. The van der Waals surface area contributed by atoms with E-state index in [1.165, 1.54) is 21.3 Å². The molecule has 0 saturated carbocycles. The van der Waals surface area contributed by atoms with Gasteiger partial charge in [-0.15, -0.1) is 0 Å². The molecule has 0 aromatic heterocycles. The number of benzene rings is 1. The van der Waals surface area contributed by atoms with Crippen molar-refractivity contribution in [2.24, 2.45) is 0 Å². The van der Waals surface area contributed by atoms with Crippen LogP contribution in [0.25, 0.3) is 0 Å². The Kier molecular flexibility index (Phi) is 7.00. The average molecular weight is 397 g/mol. The molecule has 8 heteroatoms. The minimum absolute atomic E-state index is 0.0640. The molecule has 1 aliphatic heterocycles. The molecule has 2 rings (SSSR count). The maximum Gasteiger partial charge on any atom is 0.305 e. The number of carboxylic acid groups (broad SMARTS) is 1. The lowest BCUT2D eigenvalue weighted by atomic mass is 10.1. The van der Waals surface area contributed by atoms with Crippen molar-refractivity contribution >= 4 is 21.9 Å². The molecular weight excluding hydrogens is 368 g/mol. The van der Waals surface area contributed by atoms with Crippen LogP contribution in [0.5, 0.6) is 0 Å². The van der Waals surface area contributed by atoms with Gasteiger partial charge in [-0.25, -0.2) is 8.42 Å². The van der Waals surface area contributed by atoms with Gasteiger partial charge in [-0.1, -0.05) is 12.5 Å². The SMILES string of the molecule is CC(C)N(CCC(=O)O)C(=O)c1cccc(S(=O)(=O)N2CCCCC2C)c1. The molecule has 1 fully saturated rings. The summed E-state index contributed by atoms with van der Waals surface area (Å²) in [5.74, 6) is -1.35. The molecule has 1 amide bonds. The molecule has 0 aliphatic carbocycles. The molecule has 1 N–H and O–H groups in total. The minimum Gasteiger partial charge on any atom is -0.481 e. The molecule has 1 aliphatic rings. The zero-order valence-corrected chi connectivity index (χ0v) is 16.9. The van der Waals surface area contributed by atoms with E-state index in [1.54, 1.807) is 26.0 Å². The van der Waals surface area contributed by atoms with Crippen LogP contribution in [0.4, 0.5) is 0 Å². The van der Waals surface area contributed by atoms with E-state index in [9.17, 15) is 18.0 Å². The zero-order valence-electron chi connectivity index (χ0n) is 16.1. The molecule has 27 heavy (non-hydrogen) atoms. The van der Waals surface area contributed by atoms with E-state index in [0.29, 0.717) is 6.54 Å². The topological polar surface area (TPSA) is 95.0 Å². The van der Waals surface area contributed by atoms with Crippen molar-refractivity contribution in [2.75, 3.05) is 13.1 Å². The molecule has 7 nitrogen and oxygen atoms in total. The van der Waals surface area contributed by atoms with Crippen LogP contribution < -0.4 is 0 Å². The van der Waals surface area contributed by atoms with E-state index in [0.717, 1.165) is 19.3 Å². The summed E-state index contributed by atoms with van der Waals surface area (Å²) in [6.07, 6.45) is 2.51. The molecule has 1 aromatic rings. The second-order valence-corrected chi connectivity index (χ2v) is 9.11. The normalized spacial score (nSPS) is 18.4. The molecule has 1 atom stereocenters. The van der Waals surface area contributed by atoms with Crippen molar-refractivity contribution in [3.63, 3.8) is 0 Å². The van der Waals surface area contributed by atoms with Gasteiger partial charge in [-0.05, 0) is 51.8 Å². The summed E-state index contributed by atoms with van der Waals surface area (Å²) in [5, 5.41) is 8.89. The summed E-state index contributed by atoms with van der Waals surface area (Å²) in [6.45, 7) is 6.06. The van der Waals surface area contributed by atoms with Gasteiger partial charge in [0.05, 0.1) is 11.3 Å². The maximum absolute atomic E-state index is 13.0. The number of hydrogen-bond donors (Lipinski definition) is 1. The molecule has 1 saturated heterocycles. The highest BCUT2D eigenvalue weighted by molar-refractivity contribution is 7.89. The molecular formula is C19H28N2O5S. The second-order valence-electron chi connectivity index (χ2n) is 7.22. The van der Waals surface area contributed by atoms with Crippen LogP contribution >= 0.6 is 0 Å². The summed E-state index contributed by atoms with van der Waals surface area (Å²) in [6, 6.07) is 5.77. The molecule has 1 heterocycles. The number of piperidine rings is 1. The van der Waals surface area contributed by atoms with Crippen molar-refractivity contribution < 1.29 is 23.1 Å². The number of aliphatic carboxylic acids is 1. The molecule has 1 aromatic carbocycles. The van der Waals surface area contributed by atoms with Gasteiger partial charge in [0, 0.05) is 30.7 Å². The highest BCUT2D eigenvalue weighted by atomic mass is 32.2. The third kappa shape index (κ3) is 5.07. The van der Waals surface area contributed by atoms with Gasteiger partial charge >= 0.3 is 5.97 Å². The van der Waals surface area contributed by atoms with Crippen molar-refractivity contribution in [1.29, 1.82) is 0 Å². The van der Waals surface area contributed by atoms with Gasteiger partial charge in [-0.3, -0.25) is 9.59 Å². The monoisotopic (exact) mass is 396 g/mol. The van der Waals surface area contributed by atoms with Crippen molar-refractivity contribution in [3.8, 4) is 0 Å². The van der Waals surface area contributed by atoms with Crippen LogP contribution in [0.1, 0.15) is 56.8 Å². The van der Waals surface area contributed by atoms with Crippen molar-refractivity contribution in [1.82, 2.24) is 9.21 Å². The smallest absolute Gasteiger partial charge is 0.305 e. The van der Waals surface area contributed by atoms with Crippen molar-refractivity contribution in [3.05, 3.63) is 29.8 Å². The van der Waals surface area contributed by atoms with Crippen LogP contribution in [0.2, 0.25) is 0 Å². The van der Waals surface area contributed by atoms with Gasteiger partial charge in [0.1, 0.15) is 0 Å². The number of hydrogen-bond acceptors (Lipinski definition) is 4. The number of carbonyl (C=O) groups is 2. The lowest BCUT2D eigenvalue weighted by Gasteiger charge is -2.32. The first-order valence-corrected chi connectivity index (χ1v) is 10.7. The Morgan fingerprint density at radius 2 is 2.00 bits per heavy atom. The van der Waals surface area contributed by atoms with Gasteiger partial charge in [0.15, 0.2) is 0 Å². The molecule has 0 spiro atoms. The minimum atomic E-state index is -3.67. The zero-order chi connectivity index (χ0) is 20.2. The van der Waals surface area contributed by atoms with Crippen LogP contribution in [-0.2, 0) is 14.8 Å². The summed E-state index contributed by atoms with van der Waals surface area (Å²) >= 11 is 0. The van der Waals surface area contributed by atoms with Crippen molar-refractivity contribution in [2.45, 2.75) is 63.4 Å². The van der Waals surface area contributed by atoms with E-state index in [4.69, 9.17) is 5.11 Å². The lowest BCUT2D eigenvalue weighted by molar-refractivity contribution is -0.137. The first-order valence-electron chi connectivity index (χ1n) is 9.29. The van der Waals surface area contributed by atoms with E-state index < -0.39 is 16.0 Å². The second kappa shape index (κ2) is 8.84. The number of rotatable bonds is 7. The van der Waals surface area contributed by atoms with Crippen LogP contribution in [-0.4, -0.2) is 59.8 Å². The predicted molar refractivity (Wildman–Crippen MR) is 102 cm³/mol.